The lowest BCUT2D eigenvalue weighted by Gasteiger charge is -2.24. The Labute approximate surface area is 213 Å². The normalized spacial score (nSPS) is 15.3. The van der Waals surface area contributed by atoms with E-state index in [1.807, 2.05) is 12.1 Å². The first-order valence-electron chi connectivity index (χ1n) is 10.6. The summed E-state index contributed by atoms with van der Waals surface area (Å²) < 4.78 is 27.2. The van der Waals surface area contributed by atoms with Gasteiger partial charge in [-0.3, -0.25) is 9.36 Å². The molecule has 0 aliphatic carbocycles. The largest absolute Gasteiger partial charge is 0.480 e. The van der Waals surface area contributed by atoms with Crippen LogP contribution < -0.4 is 19.6 Å². The Hall–Kier alpha value is -3.48. The number of ether oxygens (including phenoxy) is 2. The molecule has 1 aliphatic heterocycles. The molecule has 0 radical (unpaired) electrons. The zero-order valence-electron chi connectivity index (χ0n) is 18.9. The van der Waals surface area contributed by atoms with Crippen LogP contribution in [0.1, 0.15) is 31.0 Å². The number of aromatic nitrogens is 1. The van der Waals surface area contributed by atoms with Crippen molar-refractivity contribution in [1.82, 2.24) is 4.57 Å². The van der Waals surface area contributed by atoms with Crippen LogP contribution in [0.15, 0.2) is 68.0 Å². The van der Waals surface area contributed by atoms with E-state index in [9.17, 15) is 14.0 Å². The highest BCUT2D eigenvalue weighted by molar-refractivity contribution is 9.10. The summed E-state index contributed by atoms with van der Waals surface area (Å²) in [6.45, 7) is 3.64. The van der Waals surface area contributed by atoms with Crippen LogP contribution in [0.2, 0.25) is 0 Å². The fourth-order valence-corrected chi connectivity index (χ4v) is 5.19. The van der Waals surface area contributed by atoms with Crippen LogP contribution >= 0.6 is 27.3 Å². The molecule has 0 saturated carbocycles. The molecule has 0 fully saturated rings. The maximum Gasteiger partial charge on any atom is 0.338 e. The minimum absolute atomic E-state index is 0.0797. The second kappa shape index (κ2) is 10.4. The van der Waals surface area contributed by atoms with Crippen molar-refractivity contribution in [3.8, 4) is 18.1 Å². The van der Waals surface area contributed by atoms with Crippen LogP contribution in [0.5, 0.6) is 5.75 Å². The number of terminal acetylenes is 1. The van der Waals surface area contributed by atoms with E-state index in [1.165, 1.54) is 28.0 Å². The third-order valence-corrected chi connectivity index (χ3v) is 6.75. The first-order valence-corrected chi connectivity index (χ1v) is 12.3. The maximum atomic E-state index is 13.7. The Kier molecular flexibility index (Phi) is 7.34. The van der Waals surface area contributed by atoms with E-state index in [0.717, 1.165) is 4.47 Å². The van der Waals surface area contributed by atoms with Crippen molar-refractivity contribution >= 4 is 39.3 Å². The highest BCUT2D eigenvalue weighted by atomic mass is 79.9. The van der Waals surface area contributed by atoms with Gasteiger partial charge in [0.1, 0.15) is 18.2 Å². The molecule has 0 amide bonds. The molecule has 0 saturated heterocycles. The van der Waals surface area contributed by atoms with Crippen molar-refractivity contribution in [3.63, 3.8) is 0 Å². The van der Waals surface area contributed by atoms with Crippen LogP contribution in [0.4, 0.5) is 4.39 Å². The van der Waals surface area contributed by atoms with Crippen molar-refractivity contribution in [1.29, 1.82) is 0 Å². The van der Waals surface area contributed by atoms with Crippen molar-refractivity contribution < 1.29 is 18.7 Å². The second-order valence-corrected chi connectivity index (χ2v) is 9.45. The summed E-state index contributed by atoms with van der Waals surface area (Å²) in [6, 6.07) is 10.3. The molecule has 1 aromatic heterocycles. The molecule has 178 valence electrons. The second-order valence-electron chi connectivity index (χ2n) is 7.53. The Morgan fingerprint density at radius 2 is 2.06 bits per heavy atom. The Balaban J connectivity index is 1.94. The summed E-state index contributed by atoms with van der Waals surface area (Å²) in [4.78, 5) is 31.5. The van der Waals surface area contributed by atoms with Gasteiger partial charge in [-0.05, 0) is 55.8 Å². The van der Waals surface area contributed by atoms with Crippen molar-refractivity contribution in [2.45, 2.75) is 19.9 Å². The van der Waals surface area contributed by atoms with Crippen LogP contribution in [-0.2, 0) is 9.53 Å². The van der Waals surface area contributed by atoms with Gasteiger partial charge < -0.3 is 9.47 Å². The van der Waals surface area contributed by atoms with E-state index >= 15 is 0 Å². The van der Waals surface area contributed by atoms with Gasteiger partial charge in [0.2, 0.25) is 0 Å². The number of hydrogen-bond acceptors (Lipinski definition) is 6. The van der Waals surface area contributed by atoms with Gasteiger partial charge in [-0.15, -0.1) is 6.42 Å². The predicted molar refractivity (Wildman–Crippen MR) is 135 cm³/mol. The molecule has 2 heterocycles. The first-order chi connectivity index (χ1) is 16.8. The molecule has 0 bridgehead atoms. The summed E-state index contributed by atoms with van der Waals surface area (Å²) in [7, 11) is 0. The van der Waals surface area contributed by atoms with E-state index in [1.54, 1.807) is 38.1 Å². The van der Waals surface area contributed by atoms with E-state index in [2.05, 4.69) is 26.8 Å². The lowest BCUT2D eigenvalue weighted by molar-refractivity contribution is -0.139. The number of carbonyl (C=O) groups is 1. The van der Waals surface area contributed by atoms with Gasteiger partial charge >= 0.3 is 5.97 Å². The average Bonchev–Trinajstić information content (AvgIpc) is 3.12. The molecule has 35 heavy (non-hydrogen) atoms. The summed E-state index contributed by atoms with van der Waals surface area (Å²) in [5.41, 5.74) is 1.54. The van der Waals surface area contributed by atoms with Crippen molar-refractivity contribution in [3.05, 3.63) is 94.8 Å². The SMILES string of the molecule is C#CCOc1ccc(Br)cc1/C=c1/sc2n(c1=O)C(c1ccc(F)cc1)C(C(=O)OCC)=C(C)N=2. The molecule has 4 rings (SSSR count). The highest BCUT2D eigenvalue weighted by Gasteiger charge is 2.33. The highest BCUT2D eigenvalue weighted by Crippen LogP contribution is 2.31. The number of hydrogen-bond donors (Lipinski definition) is 0. The number of carbonyl (C=O) groups excluding carboxylic acids is 1. The number of nitrogens with zero attached hydrogens (tertiary/aromatic N) is 2. The number of fused-ring (bicyclic) bond motifs is 1. The number of esters is 1. The Bertz CT molecular complexity index is 1550. The molecular weight excluding hydrogens is 535 g/mol. The fraction of sp³-hybridized carbons (Fsp3) is 0.192. The number of allylic oxidation sites excluding steroid dienone is 1. The Morgan fingerprint density at radius 3 is 2.74 bits per heavy atom. The number of halogens is 2. The molecule has 6 nitrogen and oxygen atoms in total. The minimum atomic E-state index is -0.812. The van der Waals surface area contributed by atoms with Gasteiger partial charge in [-0.1, -0.05) is 45.3 Å². The van der Waals surface area contributed by atoms with Gasteiger partial charge in [-0.25, -0.2) is 14.2 Å². The molecule has 2 aromatic carbocycles. The molecule has 0 N–H and O–H groups in total. The summed E-state index contributed by atoms with van der Waals surface area (Å²) >= 11 is 4.63. The van der Waals surface area contributed by atoms with Crippen LogP contribution in [-0.4, -0.2) is 23.8 Å². The third-order valence-electron chi connectivity index (χ3n) is 5.27. The van der Waals surface area contributed by atoms with Crippen molar-refractivity contribution in [2.24, 2.45) is 4.99 Å². The smallest absolute Gasteiger partial charge is 0.338 e. The maximum absolute atomic E-state index is 13.7. The fourth-order valence-electron chi connectivity index (χ4n) is 3.78. The van der Waals surface area contributed by atoms with Crippen LogP contribution in [0.3, 0.4) is 0 Å². The molecule has 1 atom stereocenters. The van der Waals surface area contributed by atoms with E-state index in [0.29, 0.717) is 31.9 Å². The Morgan fingerprint density at radius 1 is 1.31 bits per heavy atom. The number of benzene rings is 2. The molecule has 0 spiro atoms. The molecular formula is C26H20BrFN2O4S. The van der Waals surface area contributed by atoms with Crippen LogP contribution in [0.25, 0.3) is 6.08 Å². The lowest BCUT2D eigenvalue weighted by atomic mass is 9.96. The van der Waals surface area contributed by atoms with E-state index < -0.39 is 17.8 Å². The molecule has 3 aromatic rings. The number of thiazole rings is 1. The van der Waals surface area contributed by atoms with Gasteiger partial charge in [0.15, 0.2) is 4.80 Å². The average molecular weight is 555 g/mol. The monoisotopic (exact) mass is 554 g/mol. The van der Waals surface area contributed by atoms with E-state index in [-0.39, 0.29) is 24.3 Å². The summed E-state index contributed by atoms with van der Waals surface area (Å²) in [6.07, 6.45) is 7.03. The third kappa shape index (κ3) is 4.99. The van der Waals surface area contributed by atoms with Crippen LogP contribution in [0, 0.1) is 18.2 Å². The lowest BCUT2D eigenvalue weighted by Crippen LogP contribution is -2.39. The minimum Gasteiger partial charge on any atom is -0.480 e. The topological polar surface area (TPSA) is 69.9 Å². The zero-order chi connectivity index (χ0) is 25.1. The molecule has 1 aliphatic rings. The van der Waals surface area contributed by atoms with Gasteiger partial charge in [0.05, 0.1) is 28.5 Å². The van der Waals surface area contributed by atoms with Crippen molar-refractivity contribution in [2.75, 3.05) is 13.2 Å². The zero-order valence-corrected chi connectivity index (χ0v) is 21.3. The summed E-state index contributed by atoms with van der Waals surface area (Å²) in [5, 5.41) is 0. The molecule has 9 heteroatoms. The van der Waals surface area contributed by atoms with Gasteiger partial charge in [-0.2, -0.15) is 0 Å². The quantitative estimate of drug-likeness (QED) is 0.344. The first kappa shape index (κ1) is 24.6. The van der Waals surface area contributed by atoms with Gasteiger partial charge in [0.25, 0.3) is 5.56 Å². The van der Waals surface area contributed by atoms with E-state index in [4.69, 9.17) is 15.9 Å². The van der Waals surface area contributed by atoms with Gasteiger partial charge in [0, 0.05) is 10.0 Å². The standard InChI is InChI=1S/C26H20BrFN2O4S/c1-4-12-34-20-11-8-18(27)13-17(20)14-21-24(31)30-23(16-6-9-19(28)10-7-16)22(25(32)33-5-2)15(3)29-26(30)35-21/h1,6-11,13-14,23H,5,12H2,2-3H3/b21-14+. The predicted octanol–water partition coefficient (Wildman–Crippen LogP) is 3.71. The number of rotatable bonds is 6. The summed E-state index contributed by atoms with van der Waals surface area (Å²) in [5.74, 6) is 1.96. The molecule has 1 unspecified atom stereocenters.